The largest absolute Gasteiger partial charge is 0.494 e. The maximum absolute atomic E-state index is 13.5. The lowest BCUT2D eigenvalue weighted by atomic mass is 9.86. The zero-order valence-corrected chi connectivity index (χ0v) is 17.7. The fourth-order valence-corrected chi connectivity index (χ4v) is 3.72. The van der Waals surface area contributed by atoms with Gasteiger partial charge in [0.05, 0.1) is 13.7 Å². The minimum Gasteiger partial charge on any atom is -0.494 e. The third-order valence-electron chi connectivity index (χ3n) is 5.56. The van der Waals surface area contributed by atoms with Gasteiger partial charge in [0.25, 0.3) is 5.91 Å². The molecule has 0 radical (unpaired) electrons. The van der Waals surface area contributed by atoms with Crippen LogP contribution in [0.5, 0.6) is 5.75 Å². The van der Waals surface area contributed by atoms with Gasteiger partial charge in [-0.05, 0) is 60.6 Å². The first kappa shape index (κ1) is 21.8. The van der Waals surface area contributed by atoms with Crippen molar-refractivity contribution in [1.82, 2.24) is 35.5 Å². The molecule has 10 nitrogen and oxygen atoms in total. The highest BCUT2D eigenvalue weighted by atomic mass is 19.1. The van der Waals surface area contributed by atoms with Crippen molar-refractivity contribution in [3.63, 3.8) is 0 Å². The van der Waals surface area contributed by atoms with Crippen molar-refractivity contribution >= 4 is 5.91 Å². The van der Waals surface area contributed by atoms with Gasteiger partial charge in [0, 0.05) is 12.6 Å². The Balaban J connectivity index is 1.39. The number of carbonyl (C=O) groups is 1. The summed E-state index contributed by atoms with van der Waals surface area (Å²) in [5, 5.41) is 15.3. The third-order valence-corrected chi connectivity index (χ3v) is 5.56. The minimum absolute atomic E-state index is 0.117. The summed E-state index contributed by atoms with van der Waals surface area (Å²) >= 11 is 0. The molecule has 0 bridgehead atoms. The van der Waals surface area contributed by atoms with Gasteiger partial charge in [-0.1, -0.05) is 6.07 Å². The first-order valence-electron chi connectivity index (χ1n) is 10.5. The molecule has 4 rings (SSSR count). The SMILES string of the molecule is COc1cc(CNC(=O)c2cc(-c3nnn(C[C@H]4CC[C@H](N)CC4)n3)ncn2)ccc1F. The topological polar surface area (TPSA) is 134 Å². The number of benzene rings is 1. The predicted octanol–water partition coefficient (Wildman–Crippen LogP) is 1.73. The smallest absolute Gasteiger partial charge is 0.270 e. The van der Waals surface area contributed by atoms with Crippen LogP contribution in [-0.2, 0) is 13.1 Å². The fourth-order valence-electron chi connectivity index (χ4n) is 3.72. The second kappa shape index (κ2) is 9.77. The van der Waals surface area contributed by atoms with Gasteiger partial charge in [0.1, 0.15) is 17.7 Å². The first-order valence-corrected chi connectivity index (χ1v) is 10.5. The molecule has 1 aliphatic rings. The molecular weight excluding hydrogens is 415 g/mol. The molecule has 1 fully saturated rings. The molecule has 1 aromatic carbocycles. The summed E-state index contributed by atoms with van der Waals surface area (Å²) in [6.45, 7) is 0.869. The number of nitrogens with one attached hydrogen (secondary N) is 1. The van der Waals surface area contributed by atoms with Gasteiger partial charge in [0.15, 0.2) is 11.6 Å². The number of hydrogen-bond acceptors (Lipinski definition) is 8. The van der Waals surface area contributed by atoms with Gasteiger partial charge < -0.3 is 15.8 Å². The van der Waals surface area contributed by atoms with E-state index in [9.17, 15) is 9.18 Å². The van der Waals surface area contributed by atoms with Crippen molar-refractivity contribution in [3.8, 4) is 17.3 Å². The molecule has 2 aromatic heterocycles. The number of amides is 1. The van der Waals surface area contributed by atoms with Crippen LogP contribution in [0.1, 0.15) is 41.7 Å². The second-order valence-electron chi connectivity index (χ2n) is 7.89. The van der Waals surface area contributed by atoms with Crippen LogP contribution in [0.3, 0.4) is 0 Å². The summed E-state index contributed by atoms with van der Waals surface area (Å²) in [5.74, 6) is 0.0655. The number of nitrogens with zero attached hydrogens (tertiary/aromatic N) is 6. The van der Waals surface area contributed by atoms with E-state index in [2.05, 4.69) is 30.7 Å². The van der Waals surface area contributed by atoms with E-state index < -0.39 is 11.7 Å². The van der Waals surface area contributed by atoms with Crippen LogP contribution in [0.15, 0.2) is 30.6 Å². The third kappa shape index (κ3) is 5.22. The summed E-state index contributed by atoms with van der Waals surface area (Å²) in [6, 6.07) is 6.21. The number of tetrazole rings is 1. The van der Waals surface area contributed by atoms with E-state index in [1.54, 1.807) is 10.9 Å². The molecule has 32 heavy (non-hydrogen) atoms. The molecular formula is C21H25FN8O2. The van der Waals surface area contributed by atoms with Gasteiger partial charge in [-0.3, -0.25) is 4.79 Å². The van der Waals surface area contributed by atoms with Gasteiger partial charge in [0.2, 0.25) is 5.82 Å². The second-order valence-corrected chi connectivity index (χ2v) is 7.89. The summed E-state index contributed by atoms with van der Waals surface area (Å²) in [6.07, 6.45) is 5.42. The quantitative estimate of drug-likeness (QED) is 0.567. The van der Waals surface area contributed by atoms with Crippen LogP contribution in [0.2, 0.25) is 0 Å². The molecule has 0 spiro atoms. The number of aromatic nitrogens is 6. The number of hydrogen-bond donors (Lipinski definition) is 2. The average Bonchev–Trinajstić information content (AvgIpc) is 3.28. The van der Waals surface area contributed by atoms with E-state index in [-0.39, 0.29) is 18.0 Å². The number of rotatable bonds is 7. The lowest BCUT2D eigenvalue weighted by molar-refractivity contribution is 0.0945. The van der Waals surface area contributed by atoms with Gasteiger partial charge >= 0.3 is 0 Å². The lowest BCUT2D eigenvalue weighted by Crippen LogP contribution is -2.28. The van der Waals surface area contributed by atoms with Crippen LogP contribution >= 0.6 is 0 Å². The number of methoxy groups -OCH3 is 1. The monoisotopic (exact) mass is 440 g/mol. The summed E-state index contributed by atoms with van der Waals surface area (Å²) in [5.41, 5.74) is 7.23. The van der Waals surface area contributed by atoms with Crippen LogP contribution in [0.4, 0.5) is 4.39 Å². The van der Waals surface area contributed by atoms with Gasteiger partial charge in [-0.25, -0.2) is 14.4 Å². The molecule has 2 heterocycles. The van der Waals surface area contributed by atoms with Crippen LogP contribution in [0, 0.1) is 11.7 Å². The summed E-state index contributed by atoms with van der Waals surface area (Å²) < 4.78 is 18.5. The van der Waals surface area contributed by atoms with E-state index in [0.29, 0.717) is 35.6 Å². The van der Waals surface area contributed by atoms with E-state index in [0.717, 1.165) is 25.7 Å². The molecule has 3 aromatic rings. The number of carbonyl (C=O) groups excluding carboxylic acids is 1. The molecule has 3 N–H and O–H groups in total. The normalized spacial score (nSPS) is 18.3. The molecule has 11 heteroatoms. The maximum Gasteiger partial charge on any atom is 0.270 e. The Morgan fingerprint density at radius 1 is 1.25 bits per heavy atom. The van der Waals surface area contributed by atoms with Gasteiger partial charge in [-0.2, -0.15) is 4.80 Å². The van der Waals surface area contributed by atoms with E-state index in [4.69, 9.17) is 10.5 Å². The Bertz CT molecular complexity index is 1080. The lowest BCUT2D eigenvalue weighted by Gasteiger charge is -2.25. The highest BCUT2D eigenvalue weighted by Gasteiger charge is 2.20. The minimum atomic E-state index is -0.462. The van der Waals surface area contributed by atoms with Crippen molar-refractivity contribution in [2.45, 2.75) is 44.8 Å². The fraction of sp³-hybridized carbons (Fsp3) is 0.429. The van der Waals surface area contributed by atoms with E-state index in [1.165, 1.54) is 31.6 Å². The Morgan fingerprint density at radius 3 is 2.84 bits per heavy atom. The number of nitrogens with two attached hydrogens (primary N) is 1. The highest BCUT2D eigenvalue weighted by molar-refractivity contribution is 5.92. The van der Waals surface area contributed by atoms with E-state index in [1.807, 2.05) is 0 Å². The maximum atomic E-state index is 13.5. The number of ether oxygens (including phenoxy) is 1. The Labute approximate surface area is 184 Å². The molecule has 0 unspecified atom stereocenters. The molecule has 0 saturated heterocycles. The van der Waals surface area contributed by atoms with Crippen molar-refractivity contribution in [1.29, 1.82) is 0 Å². The zero-order valence-electron chi connectivity index (χ0n) is 17.7. The van der Waals surface area contributed by atoms with Crippen LogP contribution in [-0.4, -0.2) is 49.2 Å². The van der Waals surface area contributed by atoms with Crippen molar-refractivity contribution in [3.05, 3.63) is 47.7 Å². The predicted molar refractivity (Wildman–Crippen MR) is 113 cm³/mol. The Hall–Kier alpha value is -3.47. The average molecular weight is 440 g/mol. The van der Waals surface area contributed by atoms with Crippen LogP contribution < -0.4 is 15.8 Å². The molecule has 168 valence electrons. The summed E-state index contributed by atoms with van der Waals surface area (Å²) in [4.78, 5) is 22.3. The van der Waals surface area contributed by atoms with Gasteiger partial charge in [-0.15, -0.1) is 10.2 Å². The molecule has 0 aliphatic heterocycles. The molecule has 1 aliphatic carbocycles. The van der Waals surface area contributed by atoms with E-state index >= 15 is 0 Å². The Kier molecular flexibility index (Phi) is 6.64. The molecule has 0 atom stereocenters. The van der Waals surface area contributed by atoms with Crippen molar-refractivity contribution in [2.75, 3.05) is 7.11 Å². The zero-order chi connectivity index (χ0) is 22.5. The van der Waals surface area contributed by atoms with Crippen LogP contribution in [0.25, 0.3) is 11.5 Å². The van der Waals surface area contributed by atoms with Crippen molar-refractivity contribution in [2.24, 2.45) is 11.7 Å². The Morgan fingerprint density at radius 2 is 2.06 bits per heavy atom. The standard InChI is InChI=1S/C21H25FN8O2/c1-32-19-8-14(4-7-16(19)22)10-24-21(31)18-9-17(25-12-26-18)20-27-29-30(28-20)11-13-2-5-15(23)6-3-13/h4,7-9,12-13,15H,2-3,5-6,10-11,23H2,1H3,(H,24,31)/t13-,15-. The summed E-state index contributed by atoms with van der Waals surface area (Å²) in [7, 11) is 1.39. The molecule has 1 saturated carbocycles. The molecule has 1 amide bonds. The first-order chi connectivity index (χ1) is 15.5. The van der Waals surface area contributed by atoms with Crippen molar-refractivity contribution < 1.29 is 13.9 Å². The highest BCUT2D eigenvalue weighted by Crippen LogP contribution is 2.24. The number of halogens is 1.